The lowest BCUT2D eigenvalue weighted by Gasteiger charge is -2.41. The van der Waals surface area contributed by atoms with Gasteiger partial charge < -0.3 is 0 Å². The Balaban J connectivity index is 3.53. The molecule has 0 amide bonds. The Hall–Kier alpha value is -1.13. The lowest BCUT2D eigenvalue weighted by atomic mass is 9.64. The predicted octanol–water partition coefficient (Wildman–Crippen LogP) is 10.1. The standard InChI is InChI=1S/C33H53P/c1-17(2)24-28(27-22(9)20(7)21(8)23(10)31(27)34)25(18(3)4)30(33(14,15)16)26(19(5)6)29(24)32(11,12)13/h17-19H,34H2,1-16H3. The average Bonchev–Trinajstić information content (AvgIpc) is 2.67. The first-order valence-corrected chi connectivity index (χ1v) is 13.9. The van der Waals surface area contributed by atoms with Crippen LogP contribution in [0.25, 0.3) is 11.1 Å². The summed E-state index contributed by atoms with van der Waals surface area (Å²) in [7, 11) is 3.14. The topological polar surface area (TPSA) is 0 Å². The van der Waals surface area contributed by atoms with Crippen LogP contribution in [0.4, 0.5) is 0 Å². The van der Waals surface area contributed by atoms with Gasteiger partial charge >= 0.3 is 0 Å². The Morgan fingerprint density at radius 2 is 0.794 bits per heavy atom. The Morgan fingerprint density at radius 1 is 0.471 bits per heavy atom. The summed E-state index contributed by atoms with van der Waals surface area (Å²) in [6.45, 7) is 38.2. The van der Waals surface area contributed by atoms with Gasteiger partial charge in [-0.1, -0.05) is 83.1 Å². The third kappa shape index (κ3) is 4.91. The van der Waals surface area contributed by atoms with Crippen molar-refractivity contribution in [2.24, 2.45) is 0 Å². The zero-order valence-electron chi connectivity index (χ0n) is 25.3. The van der Waals surface area contributed by atoms with Crippen LogP contribution in [0.2, 0.25) is 0 Å². The quantitative estimate of drug-likeness (QED) is 0.382. The maximum absolute atomic E-state index is 3.14. The molecule has 0 N–H and O–H groups in total. The fraction of sp³-hybridized carbons (Fsp3) is 0.636. The molecule has 0 aliphatic rings. The van der Waals surface area contributed by atoms with E-state index in [-0.39, 0.29) is 10.8 Å². The molecule has 0 spiro atoms. The van der Waals surface area contributed by atoms with Crippen LogP contribution in [0.1, 0.15) is 151 Å². The molecule has 0 aromatic heterocycles. The lowest BCUT2D eigenvalue weighted by molar-refractivity contribution is 0.531. The van der Waals surface area contributed by atoms with Crippen LogP contribution in [-0.2, 0) is 10.8 Å². The number of hydrogen-bond donors (Lipinski definition) is 0. The Labute approximate surface area is 214 Å². The molecular weight excluding hydrogens is 427 g/mol. The zero-order valence-corrected chi connectivity index (χ0v) is 26.5. The van der Waals surface area contributed by atoms with Crippen molar-refractivity contribution in [3.8, 4) is 11.1 Å². The minimum atomic E-state index is 0.0627. The molecule has 0 radical (unpaired) electrons. The smallest absolute Gasteiger partial charge is 0.00715 e. The molecule has 0 bridgehead atoms. The zero-order chi connectivity index (χ0) is 26.7. The van der Waals surface area contributed by atoms with Crippen molar-refractivity contribution in [3.05, 3.63) is 50.1 Å². The molecule has 190 valence electrons. The molecule has 1 heteroatoms. The molecule has 2 rings (SSSR count). The van der Waals surface area contributed by atoms with E-state index in [1.54, 1.807) is 27.8 Å². The summed E-state index contributed by atoms with van der Waals surface area (Å²) in [5.41, 5.74) is 16.7. The predicted molar refractivity (Wildman–Crippen MR) is 160 cm³/mol. The van der Waals surface area contributed by atoms with E-state index < -0.39 is 0 Å². The summed E-state index contributed by atoms with van der Waals surface area (Å²) in [6.07, 6.45) is 0. The molecule has 0 aliphatic heterocycles. The first-order chi connectivity index (χ1) is 15.3. The van der Waals surface area contributed by atoms with Crippen LogP contribution in [0, 0.1) is 27.7 Å². The van der Waals surface area contributed by atoms with Gasteiger partial charge in [0, 0.05) is 0 Å². The first-order valence-electron chi connectivity index (χ1n) is 13.4. The summed E-state index contributed by atoms with van der Waals surface area (Å²) in [4.78, 5) is 0. The molecule has 2 aromatic rings. The van der Waals surface area contributed by atoms with Gasteiger partial charge in [-0.3, -0.25) is 0 Å². The third-order valence-corrected chi connectivity index (χ3v) is 8.56. The molecule has 0 fully saturated rings. The van der Waals surface area contributed by atoms with Crippen LogP contribution < -0.4 is 5.30 Å². The monoisotopic (exact) mass is 480 g/mol. The van der Waals surface area contributed by atoms with Crippen molar-refractivity contribution in [2.45, 2.75) is 139 Å². The Kier molecular flexibility index (Phi) is 8.33. The molecule has 1 unspecified atom stereocenters. The number of hydrogen-bond acceptors (Lipinski definition) is 0. The van der Waals surface area contributed by atoms with E-state index in [2.05, 4.69) is 120 Å². The van der Waals surface area contributed by atoms with Gasteiger partial charge in [0.25, 0.3) is 0 Å². The molecular formula is C33H53P. The molecule has 0 saturated carbocycles. The molecule has 34 heavy (non-hydrogen) atoms. The maximum Gasteiger partial charge on any atom is -0.00715 e. The van der Waals surface area contributed by atoms with Crippen molar-refractivity contribution in [1.29, 1.82) is 0 Å². The van der Waals surface area contributed by atoms with E-state index in [0.29, 0.717) is 17.8 Å². The average molecular weight is 481 g/mol. The minimum Gasteiger partial charge on any atom is -0.105 e. The summed E-state index contributed by atoms with van der Waals surface area (Å²) in [6, 6.07) is 0. The van der Waals surface area contributed by atoms with Crippen LogP contribution in [-0.4, -0.2) is 0 Å². The van der Waals surface area contributed by atoms with Crippen LogP contribution in [0.5, 0.6) is 0 Å². The van der Waals surface area contributed by atoms with E-state index in [1.807, 2.05) is 0 Å². The Bertz CT molecular complexity index is 1000. The molecule has 1 atom stereocenters. The summed E-state index contributed by atoms with van der Waals surface area (Å²) in [5, 5.41) is 1.38. The summed E-state index contributed by atoms with van der Waals surface area (Å²) in [5.74, 6) is 1.36. The molecule has 0 saturated heterocycles. The first kappa shape index (κ1) is 29.1. The number of rotatable bonds is 4. The van der Waals surface area contributed by atoms with E-state index in [1.165, 1.54) is 38.7 Å². The second kappa shape index (κ2) is 9.73. The highest BCUT2D eigenvalue weighted by molar-refractivity contribution is 7.28. The largest absolute Gasteiger partial charge is 0.105 e. The van der Waals surface area contributed by atoms with Gasteiger partial charge in [-0.2, -0.15) is 0 Å². The van der Waals surface area contributed by atoms with Crippen molar-refractivity contribution >= 4 is 14.5 Å². The van der Waals surface area contributed by atoms with Crippen molar-refractivity contribution < 1.29 is 0 Å². The van der Waals surface area contributed by atoms with E-state index in [9.17, 15) is 0 Å². The second-order valence-corrected chi connectivity index (χ2v) is 14.2. The summed E-state index contributed by atoms with van der Waals surface area (Å²) < 4.78 is 0. The van der Waals surface area contributed by atoms with Crippen LogP contribution in [0.3, 0.4) is 0 Å². The molecule has 0 nitrogen and oxygen atoms in total. The van der Waals surface area contributed by atoms with Crippen LogP contribution in [0.15, 0.2) is 0 Å². The highest BCUT2D eigenvalue weighted by atomic mass is 31.0. The van der Waals surface area contributed by atoms with Gasteiger partial charge in [0.05, 0.1) is 0 Å². The lowest BCUT2D eigenvalue weighted by Crippen LogP contribution is -2.28. The molecule has 0 aliphatic carbocycles. The maximum atomic E-state index is 3.14. The van der Waals surface area contributed by atoms with E-state index >= 15 is 0 Å². The molecule has 2 aromatic carbocycles. The Morgan fingerprint density at radius 3 is 1.09 bits per heavy atom. The van der Waals surface area contributed by atoms with Crippen molar-refractivity contribution in [3.63, 3.8) is 0 Å². The van der Waals surface area contributed by atoms with Gasteiger partial charge in [-0.05, 0) is 123 Å². The van der Waals surface area contributed by atoms with Gasteiger partial charge in [-0.25, -0.2) is 0 Å². The SMILES string of the molecule is Cc1c(C)c(C)c(-c2c(C(C)C)c(C(C)(C)C)c(C(C)C)c(C(C)(C)C)c2C(C)C)c(P)c1C. The third-order valence-electron chi connectivity index (χ3n) is 7.83. The van der Waals surface area contributed by atoms with Gasteiger partial charge in [0.1, 0.15) is 0 Å². The van der Waals surface area contributed by atoms with Gasteiger partial charge in [0.15, 0.2) is 0 Å². The molecule has 0 heterocycles. The second-order valence-electron chi connectivity index (χ2n) is 13.6. The van der Waals surface area contributed by atoms with E-state index in [4.69, 9.17) is 0 Å². The van der Waals surface area contributed by atoms with Crippen LogP contribution >= 0.6 is 9.24 Å². The van der Waals surface area contributed by atoms with Gasteiger partial charge in [0.2, 0.25) is 0 Å². The normalized spacial score (nSPS) is 13.1. The number of benzene rings is 2. The summed E-state index contributed by atoms with van der Waals surface area (Å²) >= 11 is 0. The van der Waals surface area contributed by atoms with Gasteiger partial charge in [-0.15, -0.1) is 9.24 Å². The highest BCUT2D eigenvalue weighted by Gasteiger charge is 2.37. The van der Waals surface area contributed by atoms with E-state index in [0.717, 1.165) is 0 Å². The highest BCUT2D eigenvalue weighted by Crippen LogP contribution is 2.51. The van der Waals surface area contributed by atoms with Crippen molar-refractivity contribution in [2.75, 3.05) is 0 Å². The minimum absolute atomic E-state index is 0.0627. The fourth-order valence-corrected chi connectivity index (χ4v) is 6.67. The van der Waals surface area contributed by atoms with Crippen molar-refractivity contribution in [1.82, 2.24) is 0 Å². The fourth-order valence-electron chi connectivity index (χ4n) is 6.09.